The maximum absolute atomic E-state index is 12.3. The molecular weight excluding hydrogens is 327 g/mol. The van der Waals surface area contributed by atoms with Crippen molar-refractivity contribution in [1.29, 1.82) is 0 Å². The van der Waals surface area contributed by atoms with Crippen molar-refractivity contribution in [2.45, 2.75) is 58.5 Å². The van der Waals surface area contributed by atoms with E-state index in [1.807, 2.05) is 41.5 Å². The van der Waals surface area contributed by atoms with Gasteiger partial charge in [-0.25, -0.2) is 0 Å². The molecule has 2 N–H and O–H groups in total. The highest BCUT2D eigenvalue weighted by atomic mass is 31.2. The van der Waals surface area contributed by atoms with Crippen LogP contribution in [-0.2, 0) is 24.4 Å². The van der Waals surface area contributed by atoms with E-state index in [1.165, 1.54) is 14.2 Å². The van der Waals surface area contributed by atoms with Crippen LogP contribution in [0.1, 0.15) is 64.3 Å². The van der Waals surface area contributed by atoms with Gasteiger partial charge in [0, 0.05) is 14.2 Å². The third kappa shape index (κ3) is 4.82. The first-order chi connectivity index (χ1) is 10.7. The summed E-state index contributed by atoms with van der Waals surface area (Å²) in [5.41, 5.74) is 1.48. The van der Waals surface area contributed by atoms with Crippen molar-refractivity contribution in [2.24, 2.45) is 0 Å². The highest BCUT2D eigenvalue weighted by molar-refractivity contribution is 7.53. The monoisotopic (exact) mass is 358 g/mol. The molecule has 0 bridgehead atoms. The summed E-state index contributed by atoms with van der Waals surface area (Å²) < 4.78 is 22.2. The minimum Gasteiger partial charge on any atom is -0.507 e. The lowest BCUT2D eigenvalue weighted by Gasteiger charge is -2.29. The number of aliphatic hydroxyl groups excluding tert-OH is 1. The van der Waals surface area contributed by atoms with Crippen molar-refractivity contribution >= 4 is 7.60 Å². The number of rotatable bonds is 5. The smallest absolute Gasteiger partial charge is 0.333 e. The molecule has 0 saturated heterocycles. The molecule has 24 heavy (non-hydrogen) atoms. The zero-order valence-corrected chi connectivity index (χ0v) is 16.9. The molecule has 5 nitrogen and oxygen atoms in total. The standard InChI is InChI=1S/C18H31O5P/c1-17(2,3)13-9-12(10-14(16(13)20)18(4,5)6)15(19)11-24(21,22-7)23-8/h9-10,15,19-20H,11H2,1-8H3. The Morgan fingerprint density at radius 3 is 1.67 bits per heavy atom. The van der Waals surface area contributed by atoms with E-state index >= 15 is 0 Å². The molecule has 0 radical (unpaired) electrons. The zero-order chi connectivity index (χ0) is 18.9. The lowest BCUT2D eigenvalue weighted by molar-refractivity contribution is 0.183. The number of phenolic OH excluding ortho intramolecular Hbond substituents is 1. The average molecular weight is 358 g/mol. The molecule has 0 aliphatic rings. The van der Waals surface area contributed by atoms with Gasteiger partial charge in [-0.15, -0.1) is 0 Å². The van der Waals surface area contributed by atoms with Crippen LogP contribution in [0.3, 0.4) is 0 Å². The Hall–Kier alpha value is -0.870. The van der Waals surface area contributed by atoms with E-state index in [4.69, 9.17) is 9.05 Å². The summed E-state index contributed by atoms with van der Waals surface area (Å²) in [6, 6.07) is 3.54. The molecule has 0 heterocycles. The summed E-state index contributed by atoms with van der Waals surface area (Å²) in [6.07, 6.45) is -1.16. The molecule has 0 aliphatic carbocycles. The van der Waals surface area contributed by atoms with Crippen molar-refractivity contribution < 1.29 is 23.8 Å². The van der Waals surface area contributed by atoms with Crippen LogP contribution >= 0.6 is 7.60 Å². The number of phenols is 1. The van der Waals surface area contributed by atoms with Gasteiger partial charge in [-0.05, 0) is 39.7 Å². The molecule has 1 aromatic carbocycles. The summed E-state index contributed by atoms with van der Waals surface area (Å²) in [5, 5.41) is 21.3. The van der Waals surface area contributed by atoms with Gasteiger partial charge < -0.3 is 19.3 Å². The Kier molecular flexibility index (Phi) is 6.32. The molecule has 138 valence electrons. The van der Waals surface area contributed by atoms with E-state index in [2.05, 4.69) is 0 Å². The molecule has 6 heteroatoms. The molecule has 0 amide bonds. The summed E-state index contributed by atoms with van der Waals surface area (Å²) in [4.78, 5) is 0. The fourth-order valence-corrected chi connectivity index (χ4v) is 3.62. The second kappa shape index (κ2) is 7.17. The normalized spacial score (nSPS) is 14.7. The third-order valence-electron chi connectivity index (χ3n) is 4.09. The van der Waals surface area contributed by atoms with Crippen molar-refractivity contribution in [2.75, 3.05) is 20.4 Å². The molecule has 1 rings (SSSR count). The van der Waals surface area contributed by atoms with Crippen LogP contribution in [0.15, 0.2) is 12.1 Å². The summed E-state index contributed by atoms with van der Waals surface area (Å²) in [7, 11) is -0.738. The zero-order valence-electron chi connectivity index (χ0n) is 16.0. The minimum atomic E-state index is -3.34. The Balaban J connectivity index is 3.47. The van der Waals surface area contributed by atoms with Crippen molar-refractivity contribution in [3.05, 3.63) is 28.8 Å². The topological polar surface area (TPSA) is 76.0 Å². The van der Waals surface area contributed by atoms with Crippen LogP contribution in [0.4, 0.5) is 0 Å². The molecule has 0 aliphatic heterocycles. The molecule has 0 aromatic heterocycles. The largest absolute Gasteiger partial charge is 0.507 e. The fourth-order valence-electron chi connectivity index (χ4n) is 2.53. The van der Waals surface area contributed by atoms with Crippen molar-refractivity contribution in [3.8, 4) is 5.75 Å². The van der Waals surface area contributed by atoms with Crippen molar-refractivity contribution in [3.63, 3.8) is 0 Å². The molecule has 1 unspecified atom stereocenters. The predicted molar refractivity (Wildman–Crippen MR) is 97.0 cm³/mol. The molecule has 1 atom stereocenters. The molecular formula is C18H31O5P. The van der Waals surface area contributed by atoms with Crippen LogP contribution < -0.4 is 0 Å². The van der Waals surface area contributed by atoms with Crippen LogP contribution in [0.25, 0.3) is 0 Å². The van der Waals surface area contributed by atoms with Gasteiger partial charge in [-0.2, -0.15) is 0 Å². The van der Waals surface area contributed by atoms with Crippen LogP contribution in [0, 0.1) is 0 Å². The molecule has 1 aromatic rings. The second-order valence-electron chi connectivity index (χ2n) is 8.14. The van der Waals surface area contributed by atoms with Gasteiger partial charge in [-0.3, -0.25) is 4.57 Å². The number of hydrogen-bond acceptors (Lipinski definition) is 5. The average Bonchev–Trinajstić information content (AvgIpc) is 2.44. The first-order valence-corrected chi connectivity index (χ1v) is 9.74. The number of aliphatic hydroxyl groups is 1. The highest BCUT2D eigenvalue weighted by Crippen LogP contribution is 2.50. The first kappa shape index (κ1) is 21.2. The quantitative estimate of drug-likeness (QED) is 0.758. The lowest BCUT2D eigenvalue weighted by Crippen LogP contribution is -2.19. The van der Waals surface area contributed by atoms with Crippen molar-refractivity contribution in [1.82, 2.24) is 0 Å². The van der Waals surface area contributed by atoms with Gasteiger partial charge in [0.25, 0.3) is 0 Å². The maximum Gasteiger partial charge on any atom is 0.333 e. The van der Waals surface area contributed by atoms with Gasteiger partial charge in [0.05, 0.1) is 12.3 Å². The van der Waals surface area contributed by atoms with E-state index in [0.29, 0.717) is 5.56 Å². The van der Waals surface area contributed by atoms with Gasteiger partial charge in [0.15, 0.2) is 0 Å². The Morgan fingerprint density at radius 2 is 1.38 bits per heavy atom. The molecule has 0 fully saturated rings. The summed E-state index contributed by atoms with van der Waals surface area (Å²) in [6.45, 7) is 12.0. The fraction of sp³-hybridized carbons (Fsp3) is 0.667. The lowest BCUT2D eigenvalue weighted by atomic mass is 9.78. The van der Waals surface area contributed by atoms with E-state index in [0.717, 1.165) is 11.1 Å². The minimum absolute atomic E-state index is 0.141. The molecule has 0 saturated carbocycles. The van der Waals surface area contributed by atoms with Gasteiger partial charge in [0.1, 0.15) is 5.75 Å². The van der Waals surface area contributed by atoms with E-state index < -0.39 is 13.7 Å². The highest BCUT2D eigenvalue weighted by Gasteiger charge is 2.31. The second-order valence-corrected chi connectivity index (χ2v) is 10.5. The van der Waals surface area contributed by atoms with Gasteiger partial charge in [-0.1, -0.05) is 41.5 Å². The number of hydrogen-bond donors (Lipinski definition) is 2. The third-order valence-corrected chi connectivity index (χ3v) is 5.99. The van der Waals surface area contributed by atoms with Gasteiger partial charge >= 0.3 is 7.60 Å². The van der Waals surface area contributed by atoms with E-state index in [9.17, 15) is 14.8 Å². The van der Waals surface area contributed by atoms with Crippen LogP contribution in [0.5, 0.6) is 5.75 Å². The Morgan fingerprint density at radius 1 is 1.00 bits per heavy atom. The predicted octanol–water partition coefficient (Wildman–Crippen LogP) is 4.51. The summed E-state index contributed by atoms with van der Waals surface area (Å²) >= 11 is 0. The van der Waals surface area contributed by atoms with E-state index in [1.54, 1.807) is 12.1 Å². The van der Waals surface area contributed by atoms with E-state index in [-0.39, 0.29) is 22.7 Å². The SMILES string of the molecule is COP(=O)(CC(O)c1cc(C(C)(C)C)c(O)c(C(C)(C)C)c1)OC. The maximum atomic E-state index is 12.3. The van der Waals surface area contributed by atoms with Crippen LogP contribution in [-0.4, -0.2) is 30.6 Å². The Bertz CT molecular complexity index is 582. The number of benzene rings is 1. The van der Waals surface area contributed by atoms with Gasteiger partial charge in [0.2, 0.25) is 0 Å². The number of aromatic hydroxyl groups is 1. The first-order valence-electron chi connectivity index (χ1n) is 8.01. The summed E-state index contributed by atoms with van der Waals surface area (Å²) in [5.74, 6) is 0.243. The van der Waals surface area contributed by atoms with Crippen LogP contribution in [0.2, 0.25) is 0 Å². The Labute approximate surface area is 145 Å². The molecule has 0 spiro atoms.